The van der Waals surface area contributed by atoms with Gasteiger partial charge in [0, 0.05) is 0 Å². The van der Waals surface area contributed by atoms with Crippen molar-refractivity contribution in [2.24, 2.45) is 0 Å². The zero-order valence-electron chi connectivity index (χ0n) is 9.36. The first-order valence-corrected chi connectivity index (χ1v) is 5.03. The van der Waals surface area contributed by atoms with Crippen molar-refractivity contribution < 1.29 is 13.2 Å². The quantitative estimate of drug-likeness (QED) is 0.707. The van der Waals surface area contributed by atoms with Crippen molar-refractivity contribution in [2.45, 2.75) is 13.1 Å². The summed E-state index contributed by atoms with van der Waals surface area (Å²) in [5.74, 6) is 0. The first-order chi connectivity index (χ1) is 8.43. The van der Waals surface area contributed by atoms with Crippen molar-refractivity contribution in [3.05, 3.63) is 53.1 Å². The van der Waals surface area contributed by atoms with Crippen LogP contribution in [0.3, 0.4) is 0 Å². The smallest absolute Gasteiger partial charge is 0.238 e. The van der Waals surface area contributed by atoms with Crippen molar-refractivity contribution in [1.82, 2.24) is 9.78 Å². The summed E-state index contributed by atoms with van der Waals surface area (Å²) in [5.41, 5.74) is -0.266. The van der Waals surface area contributed by atoms with Gasteiger partial charge in [0.2, 0.25) is 0 Å². The number of aromatic nitrogens is 2. The molecule has 0 fully saturated rings. The van der Waals surface area contributed by atoms with E-state index in [0.29, 0.717) is 0 Å². The first kappa shape index (κ1) is 12.2. The van der Waals surface area contributed by atoms with Crippen LogP contribution >= 0.6 is 0 Å². The van der Waals surface area contributed by atoms with E-state index in [9.17, 15) is 13.2 Å². The third-order valence-corrected chi connectivity index (χ3v) is 2.42. The summed E-state index contributed by atoms with van der Waals surface area (Å²) < 4.78 is 39.5. The number of aryl methyl sites for hydroxylation is 1. The molecule has 0 spiro atoms. The molecule has 0 amide bonds. The molecule has 0 atom stereocenters. The standard InChI is InChI=1S/C12H8F3N3/c1-8-7-17-18(11(8)12(13,14)15)10-5-3-4-9(6-10)16-2/h3-7H,1H3. The molecular formula is C12H8F3N3. The molecule has 0 saturated carbocycles. The first-order valence-electron chi connectivity index (χ1n) is 5.03. The predicted octanol–water partition coefficient (Wildman–Crippen LogP) is 3.75. The molecule has 2 aromatic rings. The fraction of sp³-hybridized carbons (Fsp3) is 0.167. The van der Waals surface area contributed by atoms with Gasteiger partial charge in [-0.2, -0.15) is 18.3 Å². The lowest BCUT2D eigenvalue weighted by Gasteiger charge is -2.11. The maximum Gasteiger partial charge on any atom is 0.433 e. The van der Waals surface area contributed by atoms with Gasteiger partial charge in [0.25, 0.3) is 0 Å². The fourth-order valence-corrected chi connectivity index (χ4v) is 1.66. The van der Waals surface area contributed by atoms with E-state index in [0.717, 1.165) is 10.9 Å². The Labute approximate surface area is 101 Å². The molecule has 0 radical (unpaired) electrons. The van der Waals surface area contributed by atoms with Gasteiger partial charge in [0.1, 0.15) is 0 Å². The van der Waals surface area contributed by atoms with Crippen molar-refractivity contribution in [1.29, 1.82) is 0 Å². The van der Waals surface area contributed by atoms with E-state index in [1.54, 1.807) is 0 Å². The van der Waals surface area contributed by atoms with Crippen LogP contribution in [0.25, 0.3) is 10.5 Å². The Morgan fingerprint density at radius 3 is 2.67 bits per heavy atom. The van der Waals surface area contributed by atoms with Crippen LogP contribution in [-0.2, 0) is 6.18 Å². The minimum atomic E-state index is -4.48. The molecule has 0 aliphatic carbocycles. The normalized spacial score (nSPS) is 11.3. The summed E-state index contributed by atoms with van der Waals surface area (Å²) in [4.78, 5) is 3.18. The molecule has 6 heteroatoms. The zero-order valence-corrected chi connectivity index (χ0v) is 9.36. The molecule has 18 heavy (non-hydrogen) atoms. The monoisotopic (exact) mass is 251 g/mol. The summed E-state index contributed by atoms with van der Waals surface area (Å²) in [6.45, 7) is 8.21. The average Bonchev–Trinajstić information content (AvgIpc) is 2.71. The molecule has 92 valence electrons. The third kappa shape index (κ3) is 2.07. The fourth-order valence-electron chi connectivity index (χ4n) is 1.66. The van der Waals surface area contributed by atoms with E-state index in [1.165, 1.54) is 31.2 Å². The van der Waals surface area contributed by atoms with Crippen molar-refractivity contribution in [2.75, 3.05) is 0 Å². The second kappa shape index (κ2) is 4.18. The maximum absolute atomic E-state index is 12.9. The number of benzene rings is 1. The topological polar surface area (TPSA) is 22.2 Å². The van der Waals surface area contributed by atoms with E-state index in [1.807, 2.05) is 0 Å². The lowest BCUT2D eigenvalue weighted by molar-refractivity contribution is -0.143. The molecule has 1 aromatic heterocycles. The lowest BCUT2D eigenvalue weighted by atomic mass is 10.2. The number of alkyl halides is 3. The lowest BCUT2D eigenvalue weighted by Crippen LogP contribution is -2.14. The molecule has 0 aliphatic heterocycles. The van der Waals surface area contributed by atoms with Crippen LogP contribution in [0, 0.1) is 13.5 Å². The highest BCUT2D eigenvalue weighted by Gasteiger charge is 2.37. The number of rotatable bonds is 1. The van der Waals surface area contributed by atoms with Gasteiger partial charge in [-0.25, -0.2) is 9.53 Å². The minimum Gasteiger partial charge on any atom is -0.238 e. The molecule has 1 heterocycles. The van der Waals surface area contributed by atoms with Gasteiger partial charge in [0.15, 0.2) is 11.4 Å². The minimum absolute atomic E-state index is 0.0516. The van der Waals surface area contributed by atoms with Crippen LogP contribution in [-0.4, -0.2) is 9.78 Å². The summed E-state index contributed by atoms with van der Waals surface area (Å²) in [7, 11) is 0. The Balaban J connectivity index is 2.62. The zero-order chi connectivity index (χ0) is 13.3. The highest BCUT2D eigenvalue weighted by atomic mass is 19.4. The summed E-state index contributed by atoms with van der Waals surface area (Å²) in [5, 5.41) is 3.72. The Morgan fingerprint density at radius 1 is 1.33 bits per heavy atom. The van der Waals surface area contributed by atoms with E-state index in [-0.39, 0.29) is 16.9 Å². The van der Waals surface area contributed by atoms with Gasteiger partial charge >= 0.3 is 6.18 Å². The van der Waals surface area contributed by atoms with Crippen LogP contribution in [0.5, 0.6) is 0 Å². The maximum atomic E-state index is 12.9. The van der Waals surface area contributed by atoms with Gasteiger partial charge in [-0.15, -0.1) is 0 Å². The Kier molecular flexibility index (Phi) is 2.83. The summed E-state index contributed by atoms with van der Waals surface area (Å²) in [6, 6.07) is 5.91. The van der Waals surface area contributed by atoms with E-state index >= 15 is 0 Å². The van der Waals surface area contributed by atoms with Crippen LogP contribution in [0.4, 0.5) is 18.9 Å². The molecule has 0 saturated heterocycles. The number of nitrogens with zero attached hydrogens (tertiary/aromatic N) is 3. The number of hydrogen-bond acceptors (Lipinski definition) is 1. The van der Waals surface area contributed by atoms with Gasteiger partial charge < -0.3 is 0 Å². The van der Waals surface area contributed by atoms with E-state index in [2.05, 4.69) is 9.94 Å². The molecule has 3 nitrogen and oxygen atoms in total. The Hall–Kier alpha value is -2.29. The van der Waals surface area contributed by atoms with Crippen LogP contribution in [0.15, 0.2) is 30.5 Å². The Bertz CT molecular complexity index is 620. The largest absolute Gasteiger partial charge is 0.433 e. The average molecular weight is 251 g/mol. The molecular weight excluding hydrogens is 243 g/mol. The van der Waals surface area contributed by atoms with Crippen molar-refractivity contribution >= 4 is 5.69 Å². The summed E-state index contributed by atoms with van der Waals surface area (Å²) in [6.07, 6.45) is -3.32. The number of halogens is 3. The third-order valence-electron chi connectivity index (χ3n) is 2.42. The second-order valence-corrected chi connectivity index (χ2v) is 3.72. The number of hydrogen-bond donors (Lipinski definition) is 0. The van der Waals surface area contributed by atoms with Crippen LogP contribution in [0.2, 0.25) is 0 Å². The highest BCUT2D eigenvalue weighted by molar-refractivity contribution is 5.52. The molecule has 2 rings (SSSR count). The second-order valence-electron chi connectivity index (χ2n) is 3.72. The van der Waals surface area contributed by atoms with Crippen molar-refractivity contribution in [3.8, 4) is 5.69 Å². The Morgan fingerprint density at radius 2 is 2.06 bits per heavy atom. The van der Waals surface area contributed by atoms with Gasteiger partial charge in [-0.1, -0.05) is 12.1 Å². The predicted molar refractivity (Wildman–Crippen MR) is 59.6 cm³/mol. The van der Waals surface area contributed by atoms with Crippen LogP contribution < -0.4 is 0 Å². The molecule has 0 N–H and O–H groups in total. The highest BCUT2D eigenvalue weighted by Crippen LogP contribution is 2.33. The molecule has 0 unspecified atom stereocenters. The van der Waals surface area contributed by atoms with Gasteiger partial charge in [0.05, 0.1) is 18.5 Å². The molecule has 0 aliphatic rings. The van der Waals surface area contributed by atoms with Gasteiger partial charge in [-0.05, 0) is 24.6 Å². The van der Waals surface area contributed by atoms with Crippen molar-refractivity contribution in [3.63, 3.8) is 0 Å². The molecule has 1 aromatic carbocycles. The SMILES string of the molecule is [C-]#[N+]c1cccc(-n2ncc(C)c2C(F)(F)F)c1. The van der Waals surface area contributed by atoms with Crippen LogP contribution in [0.1, 0.15) is 11.3 Å². The van der Waals surface area contributed by atoms with E-state index in [4.69, 9.17) is 6.57 Å². The molecule has 0 bridgehead atoms. The summed E-state index contributed by atoms with van der Waals surface area (Å²) >= 11 is 0. The van der Waals surface area contributed by atoms with Gasteiger partial charge in [-0.3, -0.25) is 0 Å². The van der Waals surface area contributed by atoms with E-state index < -0.39 is 11.9 Å².